The predicted molar refractivity (Wildman–Crippen MR) is 110 cm³/mol. The number of ether oxygens (including phenoxy) is 1. The van der Waals surface area contributed by atoms with Gasteiger partial charge in [-0.25, -0.2) is 4.98 Å². The average molecular weight is 412 g/mol. The van der Waals surface area contributed by atoms with Gasteiger partial charge in [0.2, 0.25) is 0 Å². The summed E-state index contributed by atoms with van der Waals surface area (Å²) < 4.78 is 5.64. The van der Waals surface area contributed by atoms with Crippen LogP contribution in [0.3, 0.4) is 0 Å². The number of nitrogens with zero attached hydrogens (tertiary/aromatic N) is 3. The van der Waals surface area contributed by atoms with Crippen LogP contribution < -0.4 is 4.74 Å². The Kier molecular flexibility index (Phi) is 5.28. The lowest BCUT2D eigenvalue weighted by Gasteiger charge is -2.08. The molecule has 0 fully saturated rings. The Hall–Kier alpha value is -2.89. The summed E-state index contributed by atoms with van der Waals surface area (Å²) >= 11 is 11.9. The van der Waals surface area contributed by atoms with E-state index in [-0.39, 0.29) is 21.8 Å². The number of aromatic nitrogens is 3. The van der Waals surface area contributed by atoms with Gasteiger partial charge in [-0.15, -0.1) is 5.10 Å². The highest BCUT2D eigenvalue weighted by atomic mass is 35.5. The van der Waals surface area contributed by atoms with Crippen LogP contribution in [-0.2, 0) is 6.42 Å². The molecule has 0 spiro atoms. The van der Waals surface area contributed by atoms with Crippen LogP contribution in [0.25, 0.3) is 22.0 Å². The van der Waals surface area contributed by atoms with E-state index >= 15 is 0 Å². The zero-order valence-corrected chi connectivity index (χ0v) is 16.2. The van der Waals surface area contributed by atoms with Crippen molar-refractivity contribution < 1.29 is 9.84 Å². The second-order valence-corrected chi connectivity index (χ2v) is 6.97. The van der Waals surface area contributed by atoms with Crippen LogP contribution >= 0.6 is 23.2 Å². The quantitative estimate of drug-likeness (QED) is 0.480. The second-order valence-electron chi connectivity index (χ2n) is 6.15. The average Bonchev–Trinajstić information content (AvgIpc) is 2.72. The number of phenols is 1. The number of benzene rings is 3. The number of fused-ring (bicyclic) bond motifs is 1. The number of rotatable bonds is 5. The third kappa shape index (κ3) is 3.86. The number of aromatic hydroxyl groups is 1. The molecule has 7 heteroatoms. The van der Waals surface area contributed by atoms with E-state index in [0.717, 1.165) is 6.42 Å². The Morgan fingerprint density at radius 1 is 0.929 bits per heavy atom. The minimum absolute atomic E-state index is 0.139. The Labute approximate surface area is 171 Å². The van der Waals surface area contributed by atoms with E-state index in [0.29, 0.717) is 17.9 Å². The van der Waals surface area contributed by atoms with Gasteiger partial charge >= 0.3 is 6.01 Å². The summed E-state index contributed by atoms with van der Waals surface area (Å²) in [5.74, 6) is -0.165. The van der Waals surface area contributed by atoms with E-state index in [9.17, 15) is 5.11 Å². The molecule has 140 valence electrons. The largest absolute Gasteiger partial charge is 0.505 e. The van der Waals surface area contributed by atoms with Gasteiger partial charge in [0, 0.05) is 12.0 Å². The zero-order chi connectivity index (χ0) is 19.5. The van der Waals surface area contributed by atoms with Crippen molar-refractivity contribution in [1.82, 2.24) is 15.2 Å². The molecule has 0 aliphatic heterocycles. The lowest BCUT2D eigenvalue weighted by molar-refractivity contribution is 0.292. The van der Waals surface area contributed by atoms with E-state index in [1.54, 1.807) is 12.1 Å². The summed E-state index contributed by atoms with van der Waals surface area (Å²) in [7, 11) is 0. The zero-order valence-electron chi connectivity index (χ0n) is 14.6. The first-order valence-electron chi connectivity index (χ1n) is 8.59. The lowest BCUT2D eigenvalue weighted by atomic mass is 10.0. The smallest absolute Gasteiger partial charge is 0.335 e. The van der Waals surface area contributed by atoms with Crippen LogP contribution in [0.1, 0.15) is 5.56 Å². The first-order chi connectivity index (χ1) is 13.6. The number of halogens is 2. The van der Waals surface area contributed by atoms with Gasteiger partial charge in [0.15, 0.2) is 5.75 Å². The number of phenolic OH excluding ortho intramolecular Hbond substituents is 1. The Morgan fingerprint density at radius 3 is 2.43 bits per heavy atom. The Morgan fingerprint density at radius 2 is 1.68 bits per heavy atom. The molecular weight excluding hydrogens is 397 g/mol. The fourth-order valence-electron chi connectivity index (χ4n) is 2.94. The molecule has 0 aliphatic rings. The van der Waals surface area contributed by atoms with Gasteiger partial charge in [0.05, 0.1) is 22.8 Å². The van der Waals surface area contributed by atoms with Crippen molar-refractivity contribution in [2.45, 2.75) is 6.42 Å². The SMILES string of the molecule is Oc1c(Cl)cc(-c2cnc(OCCc3cccc4ccccc34)nn2)cc1Cl. The van der Waals surface area contributed by atoms with E-state index < -0.39 is 0 Å². The van der Waals surface area contributed by atoms with Crippen molar-refractivity contribution in [3.8, 4) is 23.0 Å². The third-order valence-corrected chi connectivity index (χ3v) is 4.91. The molecule has 1 aromatic heterocycles. The van der Waals surface area contributed by atoms with E-state index in [4.69, 9.17) is 27.9 Å². The molecule has 0 radical (unpaired) electrons. The lowest BCUT2D eigenvalue weighted by Crippen LogP contribution is -2.05. The molecule has 0 atom stereocenters. The summed E-state index contributed by atoms with van der Waals surface area (Å²) in [6.45, 7) is 0.436. The molecule has 3 aromatic carbocycles. The predicted octanol–water partition coefficient (Wildman–Crippen LogP) is 5.33. The first-order valence-corrected chi connectivity index (χ1v) is 9.35. The van der Waals surface area contributed by atoms with Gasteiger partial charge < -0.3 is 9.84 Å². The minimum atomic E-state index is -0.165. The molecule has 0 saturated carbocycles. The maximum absolute atomic E-state index is 9.64. The van der Waals surface area contributed by atoms with Crippen molar-refractivity contribution in [3.63, 3.8) is 0 Å². The maximum Gasteiger partial charge on any atom is 0.335 e. The van der Waals surface area contributed by atoms with Crippen LogP contribution in [0.5, 0.6) is 11.8 Å². The van der Waals surface area contributed by atoms with Crippen LogP contribution in [0.4, 0.5) is 0 Å². The van der Waals surface area contributed by atoms with Crippen molar-refractivity contribution in [2.24, 2.45) is 0 Å². The summed E-state index contributed by atoms with van der Waals surface area (Å²) in [6, 6.07) is 17.8. The molecule has 0 amide bonds. The van der Waals surface area contributed by atoms with Crippen molar-refractivity contribution in [1.29, 1.82) is 0 Å². The second kappa shape index (κ2) is 8.00. The molecule has 1 heterocycles. The summed E-state index contributed by atoms with van der Waals surface area (Å²) in [4.78, 5) is 4.19. The Bertz CT molecular complexity index is 1110. The summed E-state index contributed by atoms with van der Waals surface area (Å²) in [5.41, 5.74) is 2.29. The van der Waals surface area contributed by atoms with Crippen molar-refractivity contribution in [2.75, 3.05) is 6.61 Å². The normalized spacial score (nSPS) is 10.9. The van der Waals surface area contributed by atoms with E-state index in [2.05, 4.69) is 39.4 Å². The van der Waals surface area contributed by atoms with E-state index in [1.165, 1.54) is 22.5 Å². The highest BCUT2D eigenvalue weighted by Crippen LogP contribution is 2.35. The highest BCUT2D eigenvalue weighted by Gasteiger charge is 2.10. The summed E-state index contributed by atoms with van der Waals surface area (Å²) in [5, 5.41) is 20.4. The first kappa shape index (κ1) is 18.5. The van der Waals surface area contributed by atoms with Crippen LogP contribution in [0, 0.1) is 0 Å². The molecule has 0 saturated heterocycles. The number of hydrogen-bond donors (Lipinski definition) is 1. The van der Waals surface area contributed by atoms with Crippen LogP contribution in [0.15, 0.2) is 60.8 Å². The molecule has 1 N–H and O–H groups in total. The fraction of sp³-hybridized carbons (Fsp3) is 0.0952. The molecule has 0 unspecified atom stereocenters. The van der Waals surface area contributed by atoms with Crippen molar-refractivity contribution >= 4 is 34.0 Å². The highest BCUT2D eigenvalue weighted by molar-refractivity contribution is 6.37. The van der Waals surface area contributed by atoms with Crippen LogP contribution in [0.2, 0.25) is 10.0 Å². The molecular formula is C21H15Cl2N3O2. The molecule has 4 aromatic rings. The molecule has 28 heavy (non-hydrogen) atoms. The van der Waals surface area contributed by atoms with Gasteiger partial charge in [0.25, 0.3) is 0 Å². The Balaban J connectivity index is 1.44. The summed E-state index contributed by atoms with van der Waals surface area (Å²) in [6.07, 6.45) is 2.26. The monoisotopic (exact) mass is 411 g/mol. The maximum atomic E-state index is 9.64. The molecule has 0 bridgehead atoms. The van der Waals surface area contributed by atoms with Crippen LogP contribution in [-0.4, -0.2) is 26.9 Å². The van der Waals surface area contributed by atoms with Gasteiger partial charge in [0.1, 0.15) is 5.69 Å². The van der Waals surface area contributed by atoms with Gasteiger partial charge in [-0.2, -0.15) is 0 Å². The molecule has 4 rings (SSSR count). The standard InChI is InChI=1S/C21H15Cl2N3O2/c22-17-10-15(11-18(23)20(17)27)19-12-24-21(26-25-19)28-9-8-14-6-3-5-13-4-1-2-7-16(13)14/h1-7,10-12,27H,8-9H2. The van der Waals surface area contributed by atoms with Crippen molar-refractivity contribution in [3.05, 3.63) is 76.4 Å². The molecule has 0 aliphatic carbocycles. The van der Waals surface area contributed by atoms with Gasteiger partial charge in [-0.05, 0) is 28.5 Å². The van der Waals surface area contributed by atoms with Gasteiger partial charge in [-0.3, -0.25) is 0 Å². The fourth-order valence-corrected chi connectivity index (χ4v) is 3.43. The minimum Gasteiger partial charge on any atom is -0.505 e. The number of hydrogen-bond acceptors (Lipinski definition) is 5. The topological polar surface area (TPSA) is 68.1 Å². The third-order valence-electron chi connectivity index (χ3n) is 4.34. The molecule has 5 nitrogen and oxygen atoms in total. The van der Waals surface area contributed by atoms with E-state index in [1.807, 2.05) is 18.2 Å². The van der Waals surface area contributed by atoms with Gasteiger partial charge in [-0.1, -0.05) is 70.8 Å².